The summed E-state index contributed by atoms with van der Waals surface area (Å²) in [5.74, 6) is 0.175. The van der Waals surface area contributed by atoms with E-state index >= 15 is 0 Å². The molecule has 1 aliphatic heterocycles. The fourth-order valence-corrected chi connectivity index (χ4v) is 4.37. The van der Waals surface area contributed by atoms with Crippen LogP contribution in [0.5, 0.6) is 0 Å². The van der Waals surface area contributed by atoms with Crippen LogP contribution in [0.4, 0.5) is 0 Å². The van der Waals surface area contributed by atoms with Crippen molar-refractivity contribution in [2.45, 2.75) is 18.9 Å². The van der Waals surface area contributed by atoms with Crippen LogP contribution < -0.4 is 5.32 Å². The van der Waals surface area contributed by atoms with Gasteiger partial charge in [-0.3, -0.25) is 9.59 Å². The summed E-state index contributed by atoms with van der Waals surface area (Å²) in [5.41, 5.74) is 4.26. The molecule has 0 saturated carbocycles. The number of fused-ring (bicyclic) bond motifs is 1. The van der Waals surface area contributed by atoms with E-state index in [9.17, 15) is 9.59 Å². The summed E-state index contributed by atoms with van der Waals surface area (Å²) >= 11 is 5.93. The van der Waals surface area contributed by atoms with Crippen LogP contribution >= 0.6 is 11.6 Å². The van der Waals surface area contributed by atoms with Crippen molar-refractivity contribution >= 4 is 29.1 Å². The number of amides is 2. The lowest BCUT2D eigenvalue weighted by Gasteiger charge is -2.17. The molecule has 33 heavy (non-hydrogen) atoms. The summed E-state index contributed by atoms with van der Waals surface area (Å²) in [6.45, 7) is 1.83. The Hall–Kier alpha value is -3.64. The molecule has 1 N–H and O–H groups in total. The van der Waals surface area contributed by atoms with E-state index < -0.39 is 0 Å². The van der Waals surface area contributed by atoms with E-state index in [4.69, 9.17) is 11.6 Å². The Morgan fingerprint density at radius 2 is 1.76 bits per heavy atom. The third kappa shape index (κ3) is 4.61. The predicted molar refractivity (Wildman–Crippen MR) is 128 cm³/mol. The molecular weight excluding hydrogens is 436 g/mol. The highest BCUT2D eigenvalue weighted by Crippen LogP contribution is 2.28. The molecule has 0 aliphatic carbocycles. The summed E-state index contributed by atoms with van der Waals surface area (Å²) in [6.07, 6.45) is 6.47. The molecule has 0 spiro atoms. The zero-order chi connectivity index (χ0) is 22.8. The van der Waals surface area contributed by atoms with Crippen LogP contribution in [0.15, 0.2) is 79.3 Å². The summed E-state index contributed by atoms with van der Waals surface area (Å²) < 4.78 is 1.93. The van der Waals surface area contributed by atoms with Crippen molar-refractivity contribution in [1.29, 1.82) is 0 Å². The lowest BCUT2D eigenvalue weighted by molar-refractivity contribution is 0.0790. The largest absolute Gasteiger partial charge is 0.348 e. The number of benzene rings is 2. The van der Waals surface area contributed by atoms with Crippen LogP contribution in [-0.4, -0.2) is 39.2 Å². The van der Waals surface area contributed by atoms with E-state index in [1.807, 2.05) is 58.1 Å². The number of aromatic nitrogens is 2. The number of carbonyl (C=O) groups excluding carboxylic acids is 2. The van der Waals surface area contributed by atoms with Gasteiger partial charge < -0.3 is 14.6 Å². The van der Waals surface area contributed by atoms with Crippen molar-refractivity contribution in [1.82, 2.24) is 19.6 Å². The molecular formula is C26H23ClN4O2. The number of hydrogen-bond donors (Lipinski definition) is 1. The minimum Gasteiger partial charge on any atom is -0.348 e. The Kier molecular flexibility index (Phi) is 5.84. The molecule has 7 heteroatoms. The van der Waals surface area contributed by atoms with Crippen molar-refractivity contribution in [3.05, 3.63) is 107 Å². The first-order valence-corrected chi connectivity index (χ1v) is 11.3. The van der Waals surface area contributed by atoms with Crippen LogP contribution in [0.1, 0.15) is 44.2 Å². The smallest absolute Gasteiger partial charge is 0.253 e. The highest BCUT2D eigenvalue weighted by Gasteiger charge is 2.28. The third-order valence-electron chi connectivity index (χ3n) is 6.13. The second kappa shape index (κ2) is 9.08. The number of nitrogens with one attached hydrogen (secondary N) is 1. The molecule has 1 fully saturated rings. The van der Waals surface area contributed by atoms with Crippen LogP contribution in [0.2, 0.25) is 5.02 Å². The van der Waals surface area contributed by atoms with Crippen molar-refractivity contribution in [3.8, 4) is 0 Å². The first-order valence-electron chi connectivity index (χ1n) is 10.9. The van der Waals surface area contributed by atoms with Gasteiger partial charge in [0, 0.05) is 60.3 Å². The lowest BCUT2D eigenvalue weighted by Crippen LogP contribution is -2.28. The van der Waals surface area contributed by atoms with Crippen molar-refractivity contribution in [3.63, 3.8) is 0 Å². The maximum Gasteiger partial charge on any atom is 0.253 e. The molecule has 1 aliphatic rings. The summed E-state index contributed by atoms with van der Waals surface area (Å²) in [4.78, 5) is 31.5. The molecule has 3 heterocycles. The summed E-state index contributed by atoms with van der Waals surface area (Å²) in [5, 5.41) is 3.59. The topological polar surface area (TPSA) is 66.7 Å². The average molecular weight is 459 g/mol. The van der Waals surface area contributed by atoms with Crippen molar-refractivity contribution < 1.29 is 9.59 Å². The molecule has 1 unspecified atom stereocenters. The first kappa shape index (κ1) is 21.2. The zero-order valence-corrected chi connectivity index (χ0v) is 18.7. The molecule has 1 atom stereocenters. The Labute approximate surface area is 196 Å². The van der Waals surface area contributed by atoms with Crippen LogP contribution in [0.25, 0.3) is 5.65 Å². The minimum absolute atomic E-state index is 0.0266. The highest BCUT2D eigenvalue weighted by molar-refractivity contribution is 6.30. The standard InChI is InChI=1S/C26H23ClN4O2/c27-23-7-5-21(6-8-23)26(33)31-13-10-22(17-31)19-1-3-20(4-2-19)25(32)29-16-18-9-12-30-14-11-28-24(30)15-18/h1-9,11-12,14-15,22H,10,13,16-17H2,(H,29,32). The molecule has 2 amide bonds. The van der Waals surface area contributed by atoms with E-state index in [-0.39, 0.29) is 17.7 Å². The quantitative estimate of drug-likeness (QED) is 0.477. The maximum absolute atomic E-state index is 12.7. The Morgan fingerprint density at radius 1 is 1.00 bits per heavy atom. The normalized spacial score (nSPS) is 15.7. The predicted octanol–water partition coefficient (Wildman–Crippen LogP) is 4.55. The number of nitrogens with zero attached hydrogens (tertiary/aromatic N) is 3. The molecule has 2 aromatic heterocycles. The first-order chi connectivity index (χ1) is 16.1. The number of halogens is 1. The van der Waals surface area contributed by atoms with Gasteiger partial charge in [-0.25, -0.2) is 4.98 Å². The zero-order valence-electron chi connectivity index (χ0n) is 17.9. The summed E-state index contributed by atoms with van der Waals surface area (Å²) in [7, 11) is 0. The minimum atomic E-state index is -0.115. The van der Waals surface area contributed by atoms with Crippen LogP contribution in [0.3, 0.4) is 0 Å². The molecule has 166 valence electrons. The number of imidazole rings is 1. The van der Waals surface area contributed by atoms with Crippen molar-refractivity contribution in [2.24, 2.45) is 0 Å². The number of likely N-dealkylation sites (tertiary alicyclic amines) is 1. The Morgan fingerprint density at radius 3 is 2.55 bits per heavy atom. The number of carbonyl (C=O) groups is 2. The monoisotopic (exact) mass is 458 g/mol. The molecule has 4 aromatic rings. The van der Waals surface area contributed by atoms with Crippen LogP contribution in [-0.2, 0) is 6.54 Å². The van der Waals surface area contributed by atoms with Gasteiger partial charge in [-0.2, -0.15) is 0 Å². The van der Waals surface area contributed by atoms with Gasteiger partial charge in [-0.05, 0) is 66.1 Å². The second-order valence-corrected chi connectivity index (χ2v) is 8.71. The lowest BCUT2D eigenvalue weighted by atomic mass is 9.97. The number of pyridine rings is 1. The molecule has 2 aromatic carbocycles. The van der Waals surface area contributed by atoms with Gasteiger partial charge in [0.2, 0.25) is 0 Å². The number of hydrogen-bond acceptors (Lipinski definition) is 3. The molecule has 0 radical (unpaired) electrons. The van der Waals surface area contributed by atoms with Crippen LogP contribution in [0, 0.1) is 0 Å². The molecule has 1 saturated heterocycles. The molecule has 5 rings (SSSR count). The fraction of sp³-hybridized carbons (Fsp3) is 0.192. The van der Waals surface area contributed by atoms with Gasteiger partial charge >= 0.3 is 0 Å². The fourth-order valence-electron chi connectivity index (χ4n) is 4.25. The Balaban J connectivity index is 1.18. The van der Waals surface area contributed by atoms with E-state index in [1.54, 1.807) is 30.5 Å². The van der Waals surface area contributed by atoms with Gasteiger partial charge in [0.15, 0.2) is 0 Å². The average Bonchev–Trinajstić information content (AvgIpc) is 3.52. The maximum atomic E-state index is 12.7. The second-order valence-electron chi connectivity index (χ2n) is 8.28. The SMILES string of the molecule is O=C(NCc1ccn2ccnc2c1)c1ccc(C2CCN(C(=O)c3ccc(Cl)cc3)C2)cc1. The summed E-state index contributed by atoms with van der Waals surface area (Å²) in [6, 6.07) is 18.6. The van der Waals surface area contributed by atoms with Gasteiger partial charge in [0.1, 0.15) is 5.65 Å². The van der Waals surface area contributed by atoms with Gasteiger partial charge in [-0.1, -0.05) is 23.7 Å². The van der Waals surface area contributed by atoms with E-state index in [1.165, 1.54) is 0 Å². The molecule has 0 bridgehead atoms. The molecule has 6 nitrogen and oxygen atoms in total. The number of rotatable bonds is 5. The third-order valence-corrected chi connectivity index (χ3v) is 6.38. The van der Waals surface area contributed by atoms with Crippen molar-refractivity contribution in [2.75, 3.05) is 13.1 Å². The van der Waals surface area contributed by atoms with Gasteiger partial charge in [0.05, 0.1) is 0 Å². The Bertz CT molecular complexity index is 1300. The highest BCUT2D eigenvalue weighted by atomic mass is 35.5. The van der Waals surface area contributed by atoms with E-state index in [2.05, 4.69) is 10.3 Å². The van der Waals surface area contributed by atoms with E-state index in [0.717, 1.165) is 29.7 Å². The van der Waals surface area contributed by atoms with E-state index in [0.29, 0.717) is 29.2 Å². The van der Waals surface area contributed by atoms with Gasteiger partial charge in [-0.15, -0.1) is 0 Å². The van der Waals surface area contributed by atoms with Gasteiger partial charge in [0.25, 0.3) is 11.8 Å².